The Morgan fingerprint density at radius 3 is 2.60 bits per heavy atom. The smallest absolute Gasteiger partial charge is 0.161 e. The molecular weight excluding hydrogens is 254 g/mol. The van der Waals surface area contributed by atoms with E-state index in [0.717, 1.165) is 11.1 Å². The number of hydrogen-bond acceptors (Lipinski definition) is 4. The number of furan rings is 1. The molecule has 4 heteroatoms. The van der Waals surface area contributed by atoms with Crippen LogP contribution in [-0.2, 0) is 6.61 Å². The van der Waals surface area contributed by atoms with Crippen molar-refractivity contribution in [3.63, 3.8) is 0 Å². The Morgan fingerprint density at radius 1 is 1.05 bits per heavy atom. The van der Waals surface area contributed by atoms with Gasteiger partial charge < -0.3 is 19.6 Å². The van der Waals surface area contributed by atoms with Crippen molar-refractivity contribution in [1.82, 2.24) is 0 Å². The highest BCUT2D eigenvalue weighted by molar-refractivity contribution is 5.88. The molecule has 4 nitrogen and oxygen atoms in total. The zero-order valence-electron chi connectivity index (χ0n) is 11.1. The third-order valence-corrected chi connectivity index (χ3v) is 3.06. The number of fused-ring (bicyclic) bond motifs is 1. The Kier molecular flexibility index (Phi) is 3.21. The van der Waals surface area contributed by atoms with E-state index in [-0.39, 0.29) is 0 Å². The first-order valence-electron chi connectivity index (χ1n) is 6.30. The van der Waals surface area contributed by atoms with Crippen molar-refractivity contribution in [1.29, 1.82) is 0 Å². The molecule has 0 bridgehead atoms. The molecule has 2 aromatic carbocycles. The van der Waals surface area contributed by atoms with Crippen molar-refractivity contribution in [2.24, 2.45) is 0 Å². The van der Waals surface area contributed by atoms with Crippen LogP contribution in [0.25, 0.3) is 11.0 Å². The molecule has 0 saturated carbocycles. The van der Waals surface area contributed by atoms with E-state index in [4.69, 9.17) is 19.6 Å². The summed E-state index contributed by atoms with van der Waals surface area (Å²) in [6.07, 6.45) is 0. The van der Waals surface area contributed by atoms with Crippen molar-refractivity contribution < 1.29 is 13.9 Å². The summed E-state index contributed by atoms with van der Waals surface area (Å²) < 4.78 is 16.7. The minimum absolute atomic E-state index is 0.328. The van der Waals surface area contributed by atoms with E-state index >= 15 is 0 Å². The van der Waals surface area contributed by atoms with Crippen LogP contribution in [0.2, 0.25) is 0 Å². The van der Waals surface area contributed by atoms with Gasteiger partial charge in [-0.2, -0.15) is 0 Å². The van der Waals surface area contributed by atoms with Crippen LogP contribution in [0, 0.1) is 0 Å². The summed E-state index contributed by atoms with van der Waals surface area (Å²) in [6, 6.07) is 15.1. The summed E-state index contributed by atoms with van der Waals surface area (Å²) in [5, 5.41) is 0.976. The van der Waals surface area contributed by atoms with Gasteiger partial charge in [-0.1, -0.05) is 24.3 Å². The van der Waals surface area contributed by atoms with Gasteiger partial charge in [0.15, 0.2) is 17.1 Å². The number of para-hydroxylation sites is 3. The van der Waals surface area contributed by atoms with Gasteiger partial charge in [-0.3, -0.25) is 0 Å². The molecule has 1 aromatic heterocycles. The van der Waals surface area contributed by atoms with Gasteiger partial charge in [-0.05, 0) is 24.3 Å². The monoisotopic (exact) mass is 269 g/mol. The number of ether oxygens (including phenoxy) is 2. The standard InChI is InChI=1S/C16H15NO3/c1-18-14-7-2-3-8-15(14)19-10-12-9-11-5-4-6-13(17)16(11)20-12/h2-9H,10,17H2,1H3. The van der Waals surface area contributed by atoms with Crippen LogP contribution in [0.3, 0.4) is 0 Å². The second-order valence-electron chi connectivity index (χ2n) is 4.42. The molecule has 0 fully saturated rings. The largest absolute Gasteiger partial charge is 0.493 e. The van der Waals surface area contributed by atoms with Crippen LogP contribution < -0.4 is 15.2 Å². The summed E-state index contributed by atoms with van der Waals surface area (Å²) in [6.45, 7) is 0.328. The minimum atomic E-state index is 0.328. The summed E-state index contributed by atoms with van der Waals surface area (Å²) in [5.41, 5.74) is 7.20. The molecule has 0 radical (unpaired) electrons. The first-order valence-corrected chi connectivity index (χ1v) is 6.30. The molecule has 3 rings (SSSR count). The van der Waals surface area contributed by atoms with Gasteiger partial charge in [0.25, 0.3) is 0 Å². The summed E-state index contributed by atoms with van der Waals surface area (Å²) in [7, 11) is 1.62. The molecule has 0 atom stereocenters. The third kappa shape index (κ3) is 2.28. The SMILES string of the molecule is COc1ccccc1OCc1cc2cccc(N)c2o1. The fraction of sp³-hybridized carbons (Fsp3) is 0.125. The van der Waals surface area contributed by atoms with Crippen LogP contribution in [-0.4, -0.2) is 7.11 Å². The van der Waals surface area contributed by atoms with Gasteiger partial charge in [0.1, 0.15) is 12.4 Å². The fourth-order valence-electron chi connectivity index (χ4n) is 2.10. The molecule has 0 saturated heterocycles. The van der Waals surface area contributed by atoms with Crippen molar-refractivity contribution in [2.45, 2.75) is 6.61 Å². The zero-order chi connectivity index (χ0) is 13.9. The lowest BCUT2D eigenvalue weighted by molar-refractivity contribution is 0.259. The molecule has 0 aliphatic rings. The van der Waals surface area contributed by atoms with Crippen LogP contribution in [0.5, 0.6) is 11.5 Å². The maximum Gasteiger partial charge on any atom is 0.161 e. The summed E-state index contributed by atoms with van der Waals surface area (Å²) >= 11 is 0. The van der Waals surface area contributed by atoms with Crippen molar-refractivity contribution in [2.75, 3.05) is 12.8 Å². The third-order valence-electron chi connectivity index (χ3n) is 3.06. The van der Waals surface area contributed by atoms with Crippen LogP contribution in [0.4, 0.5) is 5.69 Å². The van der Waals surface area contributed by atoms with E-state index in [2.05, 4.69) is 0 Å². The van der Waals surface area contributed by atoms with Crippen molar-refractivity contribution in [3.8, 4) is 11.5 Å². The second-order valence-corrected chi connectivity index (χ2v) is 4.42. The minimum Gasteiger partial charge on any atom is -0.493 e. The van der Waals surface area contributed by atoms with E-state index in [0.29, 0.717) is 29.4 Å². The number of nitrogens with two attached hydrogens (primary N) is 1. The van der Waals surface area contributed by atoms with Crippen LogP contribution in [0.1, 0.15) is 5.76 Å². The maximum atomic E-state index is 5.87. The van der Waals surface area contributed by atoms with Crippen LogP contribution in [0.15, 0.2) is 52.9 Å². The van der Waals surface area contributed by atoms with E-state index in [9.17, 15) is 0 Å². The topological polar surface area (TPSA) is 57.6 Å². The molecule has 1 heterocycles. The maximum absolute atomic E-state index is 5.87. The highest BCUT2D eigenvalue weighted by Crippen LogP contribution is 2.29. The predicted molar refractivity (Wildman–Crippen MR) is 78.0 cm³/mol. The van der Waals surface area contributed by atoms with E-state index in [1.54, 1.807) is 7.11 Å². The molecule has 2 N–H and O–H groups in total. The normalized spacial score (nSPS) is 10.7. The van der Waals surface area contributed by atoms with Gasteiger partial charge in [0, 0.05) is 5.39 Å². The van der Waals surface area contributed by atoms with E-state index < -0.39 is 0 Å². The number of methoxy groups -OCH3 is 1. The van der Waals surface area contributed by atoms with Gasteiger partial charge >= 0.3 is 0 Å². The van der Waals surface area contributed by atoms with Gasteiger partial charge in [-0.15, -0.1) is 0 Å². The molecular formula is C16H15NO3. The Morgan fingerprint density at radius 2 is 1.85 bits per heavy atom. The quantitative estimate of drug-likeness (QED) is 0.735. The Balaban J connectivity index is 1.82. The number of benzene rings is 2. The molecule has 0 unspecified atom stereocenters. The molecule has 0 aliphatic carbocycles. The van der Waals surface area contributed by atoms with Gasteiger partial charge in [0.05, 0.1) is 12.8 Å². The molecule has 0 amide bonds. The van der Waals surface area contributed by atoms with E-state index in [1.165, 1.54) is 0 Å². The Labute approximate surface area is 116 Å². The zero-order valence-corrected chi connectivity index (χ0v) is 11.1. The molecule has 0 aliphatic heterocycles. The van der Waals surface area contributed by atoms with Gasteiger partial charge in [0.2, 0.25) is 0 Å². The molecule has 3 aromatic rings. The average molecular weight is 269 g/mol. The predicted octanol–water partition coefficient (Wildman–Crippen LogP) is 3.60. The average Bonchev–Trinajstić information content (AvgIpc) is 2.90. The van der Waals surface area contributed by atoms with E-state index in [1.807, 2.05) is 48.5 Å². The molecule has 20 heavy (non-hydrogen) atoms. The van der Waals surface area contributed by atoms with Crippen molar-refractivity contribution in [3.05, 3.63) is 54.3 Å². The number of rotatable bonds is 4. The number of nitrogen functional groups attached to an aromatic ring is 1. The lowest BCUT2D eigenvalue weighted by atomic mass is 10.2. The summed E-state index contributed by atoms with van der Waals surface area (Å²) in [5.74, 6) is 2.11. The molecule has 102 valence electrons. The van der Waals surface area contributed by atoms with Crippen molar-refractivity contribution >= 4 is 16.7 Å². The first kappa shape index (κ1) is 12.4. The highest BCUT2D eigenvalue weighted by Gasteiger charge is 2.08. The lowest BCUT2D eigenvalue weighted by Crippen LogP contribution is -1.96. The first-order chi connectivity index (χ1) is 9.78. The highest BCUT2D eigenvalue weighted by atomic mass is 16.5. The summed E-state index contributed by atoms with van der Waals surface area (Å²) in [4.78, 5) is 0. The number of hydrogen-bond donors (Lipinski definition) is 1. The number of anilines is 1. The van der Waals surface area contributed by atoms with Crippen LogP contribution >= 0.6 is 0 Å². The Hall–Kier alpha value is -2.62. The lowest BCUT2D eigenvalue weighted by Gasteiger charge is -2.08. The Bertz CT molecular complexity index is 733. The molecule has 0 spiro atoms. The van der Waals surface area contributed by atoms with Gasteiger partial charge in [-0.25, -0.2) is 0 Å². The second kappa shape index (κ2) is 5.17. The fourth-order valence-corrected chi connectivity index (χ4v) is 2.10.